The van der Waals surface area contributed by atoms with Crippen molar-refractivity contribution in [2.45, 2.75) is 45.3 Å². The molecule has 31 heavy (non-hydrogen) atoms. The third-order valence-corrected chi connectivity index (χ3v) is 5.52. The molecule has 2 aromatic rings. The normalized spacial score (nSPS) is 14.0. The van der Waals surface area contributed by atoms with E-state index < -0.39 is 6.04 Å². The minimum absolute atomic E-state index is 0.144. The van der Waals surface area contributed by atoms with E-state index in [2.05, 4.69) is 15.6 Å². The molecule has 0 saturated heterocycles. The molecule has 0 aliphatic carbocycles. The first-order valence-electron chi connectivity index (χ1n) is 10.4. The average molecular weight is 446 g/mol. The van der Waals surface area contributed by atoms with Crippen LogP contribution in [0, 0.1) is 5.92 Å². The van der Waals surface area contributed by atoms with Crippen molar-refractivity contribution in [1.29, 1.82) is 0 Å². The summed E-state index contributed by atoms with van der Waals surface area (Å²) in [5.74, 6) is 0.120. The van der Waals surface area contributed by atoms with Crippen LogP contribution in [0.4, 0.5) is 5.82 Å². The van der Waals surface area contributed by atoms with E-state index in [0.29, 0.717) is 17.3 Å². The van der Waals surface area contributed by atoms with E-state index in [1.807, 2.05) is 45.0 Å². The van der Waals surface area contributed by atoms with E-state index in [4.69, 9.17) is 17.3 Å². The summed E-state index contributed by atoms with van der Waals surface area (Å²) in [4.78, 5) is 32.0. The number of anilines is 1. The SMILES string of the molecule is CCC(C)[C@H](C(=O)N[C@@H](Cc1cccc(Cl)c1)C(=O)NCc1ccc(N)nc1)N(C)C. The number of hydrogen-bond acceptors (Lipinski definition) is 5. The molecule has 2 rings (SSSR count). The summed E-state index contributed by atoms with van der Waals surface area (Å²) < 4.78 is 0. The largest absolute Gasteiger partial charge is 0.384 e. The second kappa shape index (κ2) is 11.7. The standard InChI is InChI=1S/C23H32ClN5O2/c1-5-15(2)21(29(3)4)23(31)28-19(12-16-7-6-8-18(24)11-16)22(30)27-14-17-9-10-20(25)26-13-17/h6-11,13,15,19,21H,5,12,14H2,1-4H3,(H2,25,26)(H,27,30)(H,28,31)/t15?,19-,21+/m0/s1. The highest BCUT2D eigenvalue weighted by atomic mass is 35.5. The lowest BCUT2D eigenvalue weighted by Gasteiger charge is -2.30. The maximum atomic E-state index is 13.1. The molecule has 1 heterocycles. The molecular formula is C23H32ClN5O2. The van der Waals surface area contributed by atoms with E-state index in [1.165, 1.54) is 0 Å². The van der Waals surface area contributed by atoms with Gasteiger partial charge in [0, 0.05) is 24.2 Å². The predicted octanol–water partition coefficient (Wildman–Crippen LogP) is 2.64. The summed E-state index contributed by atoms with van der Waals surface area (Å²) in [5.41, 5.74) is 7.30. The molecular weight excluding hydrogens is 414 g/mol. The second-order valence-corrected chi connectivity index (χ2v) is 8.43. The molecule has 4 N–H and O–H groups in total. The van der Waals surface area contributed by atoms with Gasteiger partial charge in [0.2, 0.25) is 11.8 Å². The quantitative estimate of drug-likeness (QED) is 0.522. The molecule has 0 spiro atoms. The van der Waals surface area contributed by atoms with Crippen molar-refractivity contribution in [1.82, 2.24) is 20.5 Å². The molecule has 3 atom stereocenters. The number of carbonyl (C=O) groups is 2. The van der Waals surface area contributed by atoms with Crippen LogP contribution >= 0.6 is 11.6 Å². The predicted molar refractivity (Wildman–Crippen MR) is 125 cm³/mol. The van der Waals surface area contributed by atoms with E-state index in [0.717, 1.165) is 17.5 Å². The van der Waals surface area contributed by atoms with Gasteiger partial charge in [-0.3, -0.25) is 14.5 Å². The third-order valence-electron chi connectivity index (χ3n) is 5.28. The van der Waals surface area contributed by atoms with Gasteiger partial charge in [-0.1, -0.05) is 50.1 Å². The number of benzene rings is 1. The van der Waals surface area contributed by atoms with Crippen LogP contribution in [0.5, 0.6) is 0 Å². The Labute approximate surface area is 189 Å². The summed E-state index contributed by atoms with van der Waals surface area (Å²) in [7, 11) is 3.74. The Kier molecular flexibility index (Phi) is 9.27. The minimum Gasteiger partial charge on any atom is -0.384 e. The fourth-order valence-corrected chi connectivity index (χ4v) is 3.66. The first-order chi connectivity index (χ1) is 14.7. The molecule has 8 heteroatoms. The van der Waals surface area contributed by atoms with Gasteiger partial charge in [0.25, 0.3) is 0 Å². The average Bonchev–Trinajstić information content (AvgIpc) is 2.72. The van der Waals surface area contributed by atoms with Crippen molar-refractivity contribution in [3.63, 3.8) is 0 Å². The fourth-order valence-electron chi connectivity index (χ4n) is 3.44. The molecule has 1 unspecified atom stereocenters. The number of pyridine rings is 1. The Morgan fingerprint density at radius 1 is 1.16 bits per heavy atom. The van der Waals surface area contributed by atoms with Crippen LogP contribution in [0.25, 0.3) is 0 Å². The van der Waals surface area contributed by atoms with Crippen LogP contribution in [0.15, 0.2) is 42.6 Å². The molecule has 0 saturated carbocycles. The highest BCUT2D eigenvalue weighted by Crippen LogP contribution is 2.15. The Morgan fingerprint density at radius 2 is 1.90 bits per heavy atom. The van der Waals surface area contributed by atoms with Crippen LogP contribution in [0.1, 0.15) is 31.4 Å². The number of nitrogen functional groups attached to an aromatic ring is 1. The number of carbonyl (C=O) groups excluding carboxylic acids is 2. The zero-order valence-corrected chi connectivity index (χ0v) is 19.3. The second-order valence-electron chi connectivity index (χ2n) is 8.00. The summed E-state index contributed by atoms with van der Waals surface area (Å²) in [6.45, 7) is 4.37. The maximum absolute atomic E-state index is 13.1. The van der Waals surface area contributed by atoms with E-state index in [-0.39, 0.29) is 30.3 Å². The number of nitrogens with zero attached hydrogens (tertiary/aromatic N) is 2. The minimum atomic E-state index is -0.737. The monoisotopic (exact) mass is 445 g/mol. The van der Waals surface area contributed by atoms with Gasteiger partial charge in [0.05, 0.1) is 6.04 Å². The molecule has 168 valence electrons. The van der Waals surface area contributed by atoms with Crippen LogP contribution in [-0.4, -0.2) is 47.9 Å². The summed E-state index contributed by atoms with van der Waals surface area (Å²) in [6.07, 6.45) is 2.80. The summed E-state index contributed by atoms with van der Waals surface area (Å²) in [6, 6.07) is 9.71. The van der Waals surface area contributed by atoms with Crippen molar-refractivity contribution in [3.8, 4) is 0 Å². The van der Waals surface area contributed by atoms with Crippen LogP contribution < -0.4 is 16.4 Å². The molecule has 1 aromatic carbocycles. The molecule has 0 aliphatic rings. The maximum Gasteiger partial charge on any atom is 0.243 e. The number of aromatic nitrogens is 1. The van der Waals surface area contributed by atoms with Crippen molar-refractivity contribution in [2.24, 2.45) is 5.92 Å². The molecule has 0 aliphatic heterocycles. The van der Waals surface area contributed by atoms with Gasteiger partial charge in [-0.2, -0.15) is 0 Å². The van der Waals surface area contributed by atoms with Crippen molar-refractivity contribution in [3.05, 3.63) is 58.7 Å². The number of amides is 2. The van der Waals surface area contributed by atoms with Gasteiger partial charge in [-0.15, -0.1) is 0 Å². The Balaban J connectivity index is 2.17. The van der Waals surface area contributed by atoms with Gasteiger partial charge < -0.3 is 16.4 Å². The first kappa shape index (κ1) is 24.6. The topological polar surface area (TPSA) is 100 Å². The van der Waals surface area contributed by atoms with Gasteiger partial charge >= 0.3 is 0 Å². The van der Waals surface area contributed by atoms with Crippen LogP contribution in [0.3, 0.4) is 0 Å². The number of halogens is 1. The van der Waals surface area contributed by atoms with Crippen molar-refractivity contribution >= 4 is 29.2 Å². The van der Waals surface area contributed by atoms with Crippen molar-refractivity contribution in [2.75, 3.05) is 19.8 Å². The Morgan fingerprint density at radius 3 is 2.48 bits per heavy atom. The Hall–Kier alpha value is -2.64. The van der Waals surface area contributed by atoms with Gasteiger partial charge in [0.15, 0.2) is 0 Å². The number of rotatable bonds is 10. The molecule has 0 radical (unpaired) electrons. The van der Waals surface area contributed by atoms with Crippen LogP contribution in [0.2, 0.25) is 5.02 Å². The van der Waals surface area contributed by atoms with E-state index in [1.54, 1.807) is 30.5 Å². The highest BCUT2D eigenvalue weighted by molar-refractivity contribution is 6.30. The lowest BCUT2D eigenvalue weighted by Crippen LogP contribution is -2.54. The lowest BCUT2D eigenvalue weighted by atomic mass is 9.96. The smallest absolute Gasteiger partial charge is 0.243 e. The van der Waals surface area contributed by atoms with Gasteiger partial charge in [-0.25, -0.2) is 4.98 Å². The molecule has 2 amide bonds. The first-order valence-corrected chi connectivity index (χ1v) is 10.8. The fraction of sp³-hybridized carbons (Fsp3) is 0.435. The Bertz CT molecular complexity index is 873. The lowest BCUT2D eigenvalue weighted by molar-refractivity contribution is -0.132. The third kappa shape index (κ3) is 7.52. The number of hydrogen-bond donors (Lipinski definition) is 3. The molecule has 1 aromatic heterocycles. The molecule has 7 nitrogen and oxygen atoms in total. The number of likely N-dealkylation sites (N-methyl/N-ethyl adjacent to an activating group) is 1. The summed E-state index contributed by atoms with van der Waals surface area (Å²) in [5, 5.41) is 6.43. The summed E-state index contributed by atoms with van der Waals surface area (Å²) >= 11 is 6.11. The molecule has 0 bridgehead atoms. The molecule has 0 fully saturated rings. The van der Waals surface area contributed by atoms with Crippen molar-refractivity contribution < 1.29 is 9.59 Å². The van der Waals surface area contributed by atoms with Gasteiger partial charge in [-0.05, 0) is 49.3 Å². The van der Waals surface area contributed by atoms with E-state index in [9.17, 15) is 9.59 Å². The van der Waals surface area contributed by atoms with Crippen LogP contribution in [-0.2, 0) is 22.6 Å². The van der Waals surface area contributed by atoms with E-state index >= 15 is 0 Å². The number of nitrogens with two attached hydrogens (primary N) is 1. The van der Waals surface area contributed by atoms with Gasteiger partial charge in [0.1, 0.15) is 11.9 Å². The zero-order chi connectivity index (χ0) is 23.0. The highest BCUT2D eigenvalue weighted by Gasteiger charge is 2.30. The zero-order valence-electron chi connectivity index (χ0n) is 18.6. The number of nitrogens with one attached hydrogen (secondary N) is 2.